The molecule has 0 radical (unpaired) electrons. The lowest BCUT2D eigenvalue weighted by atomic mass is 9.90. The van der Waals surface area contributed by atoms with E-state index < -0.39 is 0 Å². The normalized spacial score (nSPS) is 22.2. The van der Waals surface area contributed by atoms with Crippen LogP contribution in [0, 0.1) is 5.41 Å². The molecule has 1 aromatic heterocycles. The zero-order chi connectivity index (χ0) is 17.4. The highest BCUT2D eigenvalue weighted by atomic mass is 32.1. The van der Waals surface area contributed by atoms with Crippen LogP contribution in [0.5, 0.6) is 11.5 Å². The topological polar surface area (TPSA) is 64.8 Å². The summed E-state index contributed by atoms with van der Waals surface area (Å²) in [5, 5.41) is 0. The molecule has 0 spiro atoms. The van der Waals surface area contributed by atoms with E-state index in [9.17, 15) is 4.79 Å². The fourth-order valence-corrected chi connectivity index (χ4v) is 4.29. The fraction of sp³-hybridized carbons (Fsp3) is 0.421. The van der Waals surface area contributed by atoms with E-state index >= 15 is 0 Å². The highest BCUT2D eigenvalue weighted by Gasteiger charge is 2.35. The number of nitrogens with zero attached hydrogens (tertiary/aromatic N) is 1. The summed E-state index contributed by atoms with van der Waals surface area (Å²) in [7, 11) is 0. The molecule has 0 saturated carbocycles. The van der Waals surface area contributed by atoms with E-state index in [0.717, 1.165) is 46.3 Å². The van der Waals surface area contributed by atoms with Crippen molar-refractivity contribution in [2.75, 3.05) is 32.8 Å². The quantitative estimate of drug-likeness (QED) is 0.916. The fourth-order valence-electron chi connectivity index (χ4n) is 3.32. The van der Waals surface area contributed by atoms with E-state index in [1.807, 2.05) is 35.2 Å². The van der Waals surface area contributed by atoms with Crippen LogP contribution >= 0.6 is 11.3 Å². The predicted octanol–water partition coefficient (Wildman–Crippen LogP) is 3.00. The molecule has 2 N–H and O–H groups in total. The van der Waals surface area contributed by atoms with Crippen molar-refractivity contribution in [3.63, 3.8) is 0 Å². The molecular formula is C19H22N2O3S. The molecule has 0 aliphatic carbocycles. The first-order valence-electron chi connectivity index (χ1n) is 8.57. The molecule has 4 rings (SSSR count). The van der Waals surface area contributed by atoms with Gasteiger partial charge in [-0.15, -0.1) is 11.3 Å². The SMILES string of the molecule is CC1(CN)CCN(C(=O)c2ccc(-c3ccc4c(c3)OCCO4)s2)C1. The van der Waals surface area contributed by atoms with Crippen LogP contribution in [0.2, 0.25) is 0 Å². The molecule has 5 nitrogen and oxygen atoms in total. The summed E-state index contributed by atoms with van der Waals surface area (Å²) in [4.78, 5) is 16.5. The van der Waals surface area contributed by atoms with E-state index in [1.54, 1.807) is 0 Å². The zero-order valence-electron chi connectivity index (χ0n) is 14.3. The molecule has 1 aromatic carbocycles. The van der Waals surface area contributed by atoms with Crippen molar-refractivity contribution in [1.29, 1.82) is 0 Å². The molecule has 1 unspecified atom stereocenters. The van der Waals surface area contributed by atoms with Gasteiger partial charge < -0.3 is 20.1 Å². The predicted molar refractivity (Wildman–Crippen MR) is 98.4 cm³/mol. The summed E-state index contributed by atoms with van der Waals surface area (Å²) < 4.78 is 11.2. The monoisotopic (exact) mass is 358 g/mol. The van der Waals surface area contributed by atoms with E-state index in [1.165, 1.54) is 11.3 Å². The van der Waals surface area contributed by atoms with Crippen LogP contribution < -0.4 is 15.2 Å². The van der Waals surface area contributed by atoms with Gasteiger partial charge in [0.25, 0.3) is 5.91 Å². The Bertz CT molecular complexity index is 804. The minimum Gasteiger partial charge on any atom is -0.486 e. The number of likely N-dealkylation sites (tertiary alicyclic amines) is 1. The van der Waals surface area contributed by atoms with Crippen molar-refractivity contribution in [2.45, 2.75) is 13.3 Å². The number of benzene rings is 1. The van der Waals surface area contributed by atoms with E-state index in [0.29, 0.717) is 19.8 Å². The van der Waals surface area contributed by atoms with Gasteiger partial charge in [0, 0.05) is 18.0 Å². The second-order valence-electron chi connectivity index (χ2n) is 7.01. The standard InChI is InChI=1S/C19H22N2O3S/c1-19(11-20)6-7-21(12-19)18(22)17-5-4-16(25-17)13-2-3-14-15(10-13)24-9-8-23-14/h2-5,10H,6-9,11-12,20H2,1H3. The van der Waals surface area contributed by atoms with E-state index in [4.69, 9.17) is 15.2 Å². The van der Waals surface area contributed by atoms with Gasteiger partial charge in [-0.2, -0.15) is 0 Å². The van der Waals surface area contributed by atoms with Gasteiger partial charge in [0.2, 0.25) is 0 Å². The maximum absolute atomic E-state index is 12.8. The smallest absolute Gasteiger partial charge is 0.263 e. The van der Waals surface area contributed by atoms with Crippen LogP contribution in [0.3, 0.4) is 0 Å². The third-order valence-electron chi connectivity index (χ3n) is 4.98. The van der Waals surface area contributed by atoms with Gasteiger partial charge in [-0.05, 0) is 54.3 Å². The van der Waals surface area contributed by atoms with Crippen molar-refractivity contribution in [3.05, 3.63) is 35.2 Å². The molecule has 2 aliphatic rings. The lowest BCUT2D eigenvalue weighted by molar-refractivity contribution is 0.0781. The number of nitrogens with two attached hydrogens (primary N) is 1. The highest BCUT2D eigenvalue weighted by molar-refractivity contribution is 7.17. The van der Waals surface area contributed by atoms with E-state index in [-0.39, 0.29) is 11.3 Å². The van der Waals surface area contributed by atoms with Crippen molar-refractivity contribution in [2.24, 2.45) is 11.1 Å². The molecule has 3 heterocycles. The zero-order valence-corrected chi connectivity index (χ0v) is 15.1. The molecule has 2 aromatic rings. The number of carbonyl (C=O) groups is 1. The Hall–Kier alpha value is -2.05. The third kappa shape index (κ3) is 3.12. The first-order valence-corrected chi connectivity index (χ1v) is 9.39. The number of ether oxygens (including phenoxy) is 2. The second-order valence-corrected chi connectivity index (χ2v) is 8.10. The molecule has 132 valence electrons. The van der Waals surface area contributed by atoms with Crippen LogP contribution in [-0.4, -0.2) is 43.7 Å². The van der Waals surface area contributed by atoms with Gasteiger partial charge in [0.15, 0.2) is 11.5 Å². The van der Waals surface area contributed by atoms with Crippen molar-refractivity contribution in [1.82, 2.24) is 4.90 Å². The second kappa shape index (κ2) is 6.35. The van der Waals surface area contributed by atoms with Crippen LogP contribution in [0.25, 0.3) is 10.4 Å². The van der Waals surface area contributed by atoms with Crippen LogP contribution in [-0.2, 0) is 0 Å². The Morgan fingerprint density at radius 1 is 1.24 bits per heavy atom. The van der Waals surface area contributed by atoms with Crippen molar-refractivity contribution < 1.29 is 14.3 Å². The largest absolute Gasteiger partial charge is 0.486 e. The van der Waals surface area contributed by atoms with Gasteiger partial charge >= 0.3 is 0 Å². The first-order chi connectivity index (χ1) is 12.1. The molecule has 1 amide bonds. The van der Waals surface area contributed by atoms with Gasteiger partial charge in [-0.25, -0.2) is 0 Å². The summed E-state index contributed by atoms with van der Waals surface area (Å²) in [5.41, 5.74) is 6.94. The first kappa shape index (κ1) is 16.4. The average molecular weight is 358 g/mol. The number of rotatable bonds is 3. The summed E-state index contributed by atoms with van der Waals surface area (Å²) in [6.45, 7) is 5.43. The molecule has 0 bridgehead atoms. The molecule has 25 heavy (non-hydrogen) atoms. The van der Waals surface area contributed by atoms with Gasteiger partial charge in [-0.1, -0.05) is 6.92 Å². The van der Waals surface area contributed by atoms with Crippen molar-refractivity contribution >= 4 is 17.2 Å². The van der Waals surface area contributed by atoms with Gasteiger partial charge in [0.05, 0.1) is 4.88 Å². The number of amides is 1. The Morgan fingerprint density at radius 2 is 2.04 bits per heavy atom. The Balaban J connectivity index is 1.53. The molecule has 2 aliphatic heterocycles. The minimum atomic E-state index is 0.0472. The number of carbonyl (C=O) groups excluding carboxylic acids is 1. The summed E-state index contributed by atoms with van der Waals surface area (Å²) in [6.07, 6.45) is 0.968. The highest BCUT2D eigenvalue weighted by Crippen LogP contribution is 2.37. The maximum atomic E-state index is 12.8. The van der Waals surface area contributed by atoms with Crippen LogP contribution in [0.15, 0.2) is 30.3 Å². The number of hydrogen-bond acceptors (Lipinski definition) is 5. The van der Waals surface area contributed by atoms with Gasteiger partial charge in [-0.3, -0.25) is 4.79 Å². The summed E-state index contributed by atoms with van der Waals surface area (Å²) >= 11 is 1.52. The van der Waals surface area contributed by atoms with E-state index in [2.05, 4.69) is 6.92 Å². The Labute approximate surface area is 151 Å². The molecule has 6 heteroatoms. The maximum Gasteiger partial charge on any atom is 0.263 e. The third-order valence-corrected chi connectivity index (χ3v) is 6.10. The average Bonchev–Trinajstić information content (AvgIpc) is 3.28. The lowest BCUT2D eigenvalue weighted by Crippen LogP contribution is -2.34. The number of hydrogen-bond donors (Lipinski definition) is 1. The summed E-state index contributed by atoms with van der Waals surface area (Å²) in [5.74, 6) is 1.65. The molecule has 1 fully saturated rings. The molecular weight excluding hydrogens is 336 g/mol. The number of fused-ring (bicyclic) bond motifs is 1. The molecule has 1 saturated heterocycles. The minimum absolute atomic E-state index is 0.0472. The van der Waals surface area contributed by atoms with Crippen LogP contribution in [0.1, 0.15) is 23.0 Å². The number of thiophene rings is 1. The van der Waals surface area contributed by atoms with Crippen LogP contribution in [0.4, 0.5) is 0 Å². The Kier molecular flexibility index (Phi) is 4.17. The van der Waals surface area contributed by atoms with Gasteiger partial charge in [0.1, 0.15) is 13.2 Å². The lowest BCUT2D eigenvalue weighted by Gasteiger charge is -2.22. The van der Waals surface area contributed by atoms with Crippen molar-refractivity contribution in [3.8, 4) is 21.9 Å². The molecule has 1 atom stereocenters. The Morgan fingerprint density at radius 3 is 2.80 bits per heavy atom. The summed E-state index contributed by atoms with van der Waals surface area (Å²) in [6, 6.07) is 9.84.